The van der Waals surface area contributed by atoms with E-state index in [0.717, 1.165) is 5.39 Å². The van der Waals surface area contributed by atoms with Gasteiger partial charge in [-0.2, -0.15) is 8.42 Å². The van der Waals surface area contributed by atoms with Crippen molar-refractivity contribution in [3.63, 3.8) is 0 Å². The number of carbonyl (C=O) groups excluding carboxylic acids is 1. The van der Waals surface area contributed by atoms with Crippen molar-refractivity contribution in [3.05, 3.63) is 59.5 Å². The lowest BCUT2D eigenvalue weighted by Gasteiger charge is -2.05. The second-order valence-electron chi connectivity index (χ2n) is 3.75. The Morgan fingerprint density at radius 1 is 1.06 bits per heavy atom. The summed E-state index contributed by atoms with van der Waals surface area (Å²) in [6, 6.07) is 12.0. The first kappa shape index (κ1) is 12.5. The molecule has 0 saturated carbocycles. The molecule has 0 saturated heterocycles. The second-order valence-corrected chi connectivity index (χ2v) is 5.20. The largest absolute Gasteiger partial charge is 0.297 e. The van der Waals surface area contributed by atoms with Gasteiger partial charge in [0.2, 0.25) is 5.78 Å². The van der Waals surface area contributed by atoms with E-state index in [1.165, 1.54) is 6.07 Å². The van der Waals surface area contributed by atoms with Crippen LogP contribution in [-0.4, -0.2) is 18.8 Å². The third-order valence-electron chi connectivity index (χ3n) is 2.60. The molecule has 2 rings (SSSR count). The van der Waals surface area contributed by atoms with Crippen LogP contribution >= 0.6 is 0 Å². The number of allylic oxidation sites excluding steroid dienone is 1. The van der Waals surface area contributed by atoms with Crippen molar-refractivity contribution in [2.45, 2.75) is 0 Å². The molecule has 0 spiro atoms. The van der Waals surface area contributed by atoms with Gasteiger partial charge in [-0.1, -0.05) is 49.0 Å². The number of carbonyl (C=O) groups is 1. The first-order valence-electron chi connectivity index (χ1n) is 5.10. The van der Waals surface area contributed by atoms with Gasteiger partial charge in [-0.25, -0.2) is 0 Å². The molecular weight excluding hydrogens is 252 g/mol. The summed E-state index contributed by atoms with van der Waals surface area (Å²) in [6.07, 6.45) is 0. The van der Waals surface area contributed by atoms with Crippen LogP contribution in [-0.2, 0) is 10.1 Å². The van der Waals surface area contributed by atoms with E-state index >= 15 is 0 Å². The summed E-state index contributed by atoms with van der Waals surface area (Å²) in [5.41, 5.74) is 0.204. The monoisotopic (exact) mass is 262 g/mol. The van der Waals surface area contributed by atoms with Crippen LogP contribution in [0, 0.1) is 0 Å². The highest BCUT2D eigenvalue weighted by Crippen LogP contribution is 2.22. The molecule has 1 N–H and O–H groups in total. The van der Waals surface area contributed by atoms with Gasteiger partial charge in [0.15, 0.2) is 0 Å². The lowest BCUT2D eigenvalue weighted by Crippen LogP contribution is -2.12. The normalized spacial score (nSPS) is 11.4. The summed E-state index contributed by atoms with van der Waals surface area (Å²) >= 11 is 0. The van der Waals surface area contributed by atoms with Gasteiger partial charge in [0.1, 0.15) is 4.91 Å². The standard InChI is InChI=1S/C13H10O4S/c1-9(18(15,16)17)13(14)12-8-4-6-10-5-2-3-7-11(10)12/h2-8H,1H2,(H,15,16,17). The fourth-order valence-electron chi connectivity index (χ4n) is 1.69. The zero-order valence-electron chi connectivity index (χ0n) is 9.33. The van der Waals surface area contributed by atoms with Gasteiger partial charge in [0.05, 0.1) is 0 Å². The molecule has 0 bridgehead atoms. The van der Waals surface area contributed by atoms with Crippen LogP contribution in [0.25, 0.3) is 10.8 Å². The van der Waals surface area contributed by atoms with Gasteiger partial charge in [-0.05, 0) is 10.8 Å². The Balaban J connectivity index is 2.63. The van der Waals surface area contributed by atoms with Gasteiger partial charge in [-0.15, -0.1) is 0 Å². The molecule has 0 aliphatic rings. The number of ketones is 1. The highest BCUT2D eigenvalue weighted by atomic mass is 32.2. The van der Waals surface area contributed by atoms with Crippen LogP contribution in [0.15, 0.2) is 53.9 Å². The Kier molecular flexibility index (Phi) is 3.02. The Labute approximate surface area is 104 Å². The molecule has 92 valence electrons. The predicted molar refractivity (Wildman–Crippen MR) is 69.0 cm³/mol. The maximum absolute atomic E-state index is 12.0. The van der Waals surface area contributed by atoms with Crippen molar-refractivity contribution in [2.24, 2.45) is 0 Å². The molecule has 0 amide bonds. The molecule has 0 radical (unpaired) electrons. The number of benzene rings is 2. The molecule has 0 fully saturated rings. The SMILES string of the molecule is C=C(C(=O)c1cccc2ccccc12)S(=O)(=O)O. The van der Waals surface area contributed by atoms with Gasteiger partial charge in [0.25, 0.3) is 10.1 Å². The Morgan fingerprint density at radius 2 is 1.67 bits per heavy atom. The maximum atomic E-state index is 12.0. The third kappa shape index (κ3) is 2.18. The summed E-state index contributed by atoms with van der Waals surface area (Å²) in [7, 11) is -4.56. The fraction of sp³-hybridized carbons (Fsp3) is 0. The van der Waals surface area contributed by atoms with Crippen LogP contribution in [0.3, 0.4) is 0 Å². The van der Waals surface area contributed by atoms with Crippen molar-refractivity contribution in [1.29, 1.82) is 0 Å². The molecule has 4 nitrogen and oxygen atoms in total. The number of fused-ring (bicyclic) bond motifs is 1. The van der Waals surface area contributed by atoms with Crippen molar-refractivity contribution in [1.82, 2.24) is 0 Å². The first-order valence-corrected chi connectivity index (χ1v) is 6.54. The number of rotatable bonds is 3. The smallest absolute Gasteiger partial charge is 0.288 e. The molecule has 2 aromatic rings. The molecule has 18 heavy (non-hydrogen) atoms. The van der Waals surface area contributed by atoms with E-state index in [1.807, 2.05) is 18.2 Å². The third-order valence-corrected chi connectivity index (χ3v) is 3.41. The zero-order chi connectivity index (χ0) is 13.3. The Morgan fingerprint density at radius 3 is 2.33 bits per heavy atom. The predicted octanol–water partition coefficient (Wildman–Crippen LogP) is 2.42. The topological polar surface area (TPSA) is 71.4 Å². The molecule has 2 aromatic carbocycles. The zero-order valence-corrected chi connectivity index (χ0v) is 10.1. The van der Waals surface area contributed by atoms with E-state index in [4.69, 9.17) is 4.55 Å². The van der Waals surface area contributed by atoms with Gasteiger partial charge < -0.3 is 0 Å². The number of hydrogen-bond donors (Lipinski definition) is 1. The molecule has 0 aromatic heterocycles. The minimum absolute atomic E-state index is 0.204. The second kappa shape index (κ2) is 4.36. The van der Waals surface area contributed by atoms with Crippen LogP contribution in [0.2, 0.25) is 0 Å². The summed E-state index contributed by atoms with van der Waals surface area (Å²) in [5, 5.41) is 1.43. The lowest BCUT2D eigenvalue weighted by atomic mass is 10.0. The van der Waals surface area contributed by atoms with Gasteiger partial charge in [0, 0.05) is 5.56 Å². The quantitative estimate of drug-likeness (QED) is 0.524. The van der Waals surface area contributed by atoms with Crippen LogP contribution in [0.4, 0.5) is 0 Å². The van der Waals surface area contributed by atoms with Crippen molar-refractivity contribution in [3.8, 4) is 0 Å². The summed E-state index contributed by atoms with van der Waals surface area (Å²) < 4.78 is 30.7. The van der Waals surface area contributed by atoms with E-state index in [1.54, 1.807) is 18.2 Å². The van der Waals surface area contributed by atoms with E-state index in [2.05, 4.69) is 6.58 Å². The van der Waals surface area contributed by atoms with Crippen molar-refractivity contribution >= 4 is 26.7 Å². The van der Waals surface area contributed by atoms with E-state index in [9.17, 15) is 13.2 Å². The fourth-order valence-corrected chi connectivity index (χ4v) is 2.03. The highest BCUT2D eigenvalue weighted by Gasteiger charge is 2.22. The summed E-state index contributed by atoms with van der Waals surface area (Å²) in [6.45, 7) is 3.12. The van der Waals surface area contributed by atoms with Crippen LogP contribution < -0.4 is 0 Å². The average molecular weight is 262 g/mol. The van der Waals surface area contributed by atoms with E-state index in [0.29, 0.717) is 5.39 Å². The van der Waals surface area contributed by atoms with Crippen LogP contribution in [0.5, 0.6) is 0 Å². The molecule has 5 heteroatoms. The number of Topliss-reactive ketones (excluding diaryl/α,β-unsaturated/α-hetero) is 1. The Bertz CT molecular complexity index is 739. The molecule has 0 aliphatic carbocycles. The van der Waals surface area contributed by atoms with Crippen molar-refractivity contribution in [2.75, 3.05) is 0 Å². The summed E-state index contributed by atoms with van der Waals surface area (Å²) in [5.74, 6) is -0.797. The lowest BCUT2D eigenvalue weighted by molar-refractivity contribution is 0.104. The molecular formula is C13H10O4S. The summed E-state index contributed by atoms with van der Waals surface area (Å²) in [4.78, 5) is 11.1. The minimum atomic E-state index is -4.56. The molecule has 0 heterocycles. The van der Waals surface area contributed by atoms with Crippen molar-refractivity contribution < 1.29 is 17.8 Å². The molecule has 0 aliphatic heterocycles. The van der Waals surface area contributed by atoms with Crippen LogP contribution in [0.1, 0.15) is 10.4 Å². The van der Waals surface area contributed by atoms with E-state index in [-0.39, 0.29) is 5.56 Å². The van der Waals surface area contributed by atoms with E-state index < -0.39 is 20.8 Å². The number of hydrogen-bond acceptors (Lipinski definition) is 3. The van der Waals surface area contributed by atoms with Gasteiger partial charge in [-0.3, -0.25) is 9.35 Å². The first-order chi connectivity index (χ1) is 8.41. The average Bonchev–Trinajstić information content (AvgIpc) is 2.35. The molecule has 0 unspecified atom stereocenters. The highest BCUT2D eigenvalue weighted by molar-refractivity contribution is 7.90. The molecule has 0 atom stereocenters. The minimum Gasteiger partial charge on any atom is -0.288 e. The Hall–Kier alpha value is -1.98. The van der Waals surface area contributed by atoms with Gasteiger partial charge >= 0.3 is 0 Å². The maximum Gasteiger partial charge on any atom is 0.297 e.